The number of aromatic nitrogens is 2. The van der Waals surface area contributed by atoms with Crippen LogP contribution >= 0.6 is 0 Å². The normalized spacial score (nSPS) is 15.5. The van der Waals surface area contributed by atoms with Crippen molar-refractivity contribution < 1.29 is 13.6 Å². The molecule has 0 atom stereocenters. The zero-order valence-electron chi connectivity index (χ0n) is 19.4. The second kappa shape index (κ2) is 10.7. The van der Waals surface area contributed by atoms with Crippen LogP contribution in [0.5, 0.6) is 0 Å². The Morgan fingerprint density at radius 2 is 1.85 bits per heavy atom. The van der Waals surface area contributed by atoms with E-state index in [4.69, 9.17) is 4.84 Å². The molecule has 34 heavy (non-hydrogen) atoms. The first kappa shape index (κ1) is 23.8. The molecule has 0 amide bonds. The zero-order chi connectivity index (χ0) is 24.1. The van der Waals surface area contributed by atoms with Crippen molar-refractivity contribution >= 4 is 5.71 Å². The largest absolute Gasteiger partial charge is 0.396 e. The average Bonchev–Trinajstić information content (AvgIpc) is 2.85. The number of aryl methyl sites for hydroxylation is 1. The number of nitrogens with zero attached hydrogens (tertiary/aromatic N) is 4. The highest BCUT2D eigenvalue weighted by atomic mass is 19.2. The van der Waals surface area contributed by atoms with Crippen molar-refractivity contribution in [2.45, 2.75) is 32.2 Å². The second-order valence-corrected chi connectivity index (χ2v) is 8.48. The summed E-state index contributed by atoms with van der Waals surface area (Å²) in [5.41, 5.74) is 3.53. The molecule has 6 nitrogen and oxygen atoms in total. The summed E-state index contributed by atoms with van der Waals surface area (Å²) < 4.78 is 28.7. The highest BCUT2D eigenvalue weighted by Gasteiger charge is 2.21. The highest BCUT2D eigenvalue weighted by molar-refractivity contribution is 6.12. The fraction of sp³-hybridized carbons (Fsp3) is 0.346. The van der Waals surface area contributed by atoms with Crippen molar-refractivity contribution in [1.82, 2.24) is 14.5 Å². The van der Waals surface area contributed by atoms with Crippen LogP contribution in [-0.4, -0.2) is 39.9 Å². The van der Waals surface area contributed by atoms with E-state index in [0.29, 0.717) is 35.9 Å². The van der Waals surface area contributed by atoms with Gasteiger partial charge in [0.05, 0.1) is 5.69 Å². The van der Waals surface area contributed by atoms with Crippen LogP contribution in [0.15, 0.2) is 64.8 Å². The van der Waals surface area contributed by atoms with Crippen LogP contribution in [0, 0.1) is 11.6 Å². The second-order valence-electron chi connectivity index (χ2n) is 8.48. The molecule has 4 rings (SSSR count). The van der Waals surface area contributed by atoms with Crippen LogP contribution in [0.1, 0.15) is 48.1 Å². The monoisotopic (exact) mass is 466 g/mol. The minimum absolute atomic E-state index is 0.0276. The highest BCUT2D eigenvalue weighted by Crippen LogP contribution is 2.27. The Hall–Kier alpha value is -3.39. The number of hydrogen-bond donors (Lipinski definition) is 0. The number of piperidine rings is 1. The van der Waals surface area contributed by atoms with Gasteiger partial charge in [0.15, 0.2) is 11.6 Å². The predicted octanol–water partition coefficient (Wildman–Crippen LogP) is 4.23. The summed E-state index contributed by atoms with van der Waals surface area (Å²) in [4.78, 5) is 24.1. The van der Waals surface area contributed by atoms with E-state index in [0.717, 1.165) is 49.3 Å². The molecule has 8 heteroatoms. The Bertz CT molecular complexity index is 1220. The molecule has 3 aromatic rings. The summed E-state index contributed by atoms with van der Waals surface area (Å²) in [6.45, 7) is 4.72. The third-order valence-corrected chi connectivity index (χ3v) is 6.15. The summed E-state index contributed by atoms with van der Waals surface area (Å²) in [6.07, 6.45) is 5.50. The topological polar surface area (TPSA) is 59.7 Å². The van der Waals surface area contributed by atoms with Gasteiger partial charge in [-0.2, -0.15) is 0 Å². The number of hydrogen-bond acceptors (Lipinski definition) is 5. The number of halogens is 2. The maximum absolute atomic E-state index is 13.8. The number of pyridine rings is 2. The van der Waals surface area contributed by atoms with Crippen molar-refractivity contribution in [3.63, 3.8) is 0 Å². The Labute approximate surface area is 197 Å². The molecular weight excluding hydrogens is 438 g/mol. The van der Waals surface area contributed by atoms with Gasteiger partial charge < -0.3 is 9.40 Å². The lowest BCUT2D eigenvalue weighted by Gasteiger charge is -2.32. The fourth-order valence-electron chi connectivity index (χ4n) is 4.17. The number of rotatable bonds is 7. The van der Waals surface area contributed by atoms with Crippen molar-refractivity contribution in [2.24, 2.45) is 12.2 Å². The molecule has 0 bridgehead atoms. The van der Waals surface area contributed by atoms with Crippen LogP contribution < -0.4 is 5.56 Å². The van der Waals surface area contributed by atoms with Crippen molar-refractivity contribution in [3.05, 3.63) is 99.2 Å². The van der Waals surface area contributed by atoms with E-state index in [1.807, 2.05) is 24.4 Å². The predicted molar refractivity (Wildman–Crippen MR) is 127 cm³/mol. The Kier molecular flexibility index (Phi) is 7.47. The average molecular weight is 467 g/mol. The van der Waals surface area contributed by atoms with Gasteiger partial charge in [-0.1, -0.05) is 5.16 Å². The van der Waals surface area contributed by atoms with Gasteiger partial charge in [-0.25, -0.2) is 8.78 Å². The van der Waals surface area contributed by atoms with Gasteiger partial charge in [0, 0.05) is 43.2 Å². The Balaban J connectivity index is 1.41. The smallest absolute Gasteiger partial charge is 0.250 e. The fourth-order valence-corrected chi connectivity index (χ4v) is 4.17. The van der Waals surface area contributed by atoms with Crippen molar-refractivity contribution in [3.8, 4) is 0 Å². The lowest BCUT2D eigenvalue weighted by molar-refractivity contribution is 0.159. The van der Waals surface area contributed by atoms with Crippen LogP contribution in [0.25, 0.3) is 0 Å². The summed E-state index contributed by atoms with van der Waals surface area (Å²) in [6, 6.07) is 11.2. The molecular formula is C26H28F2N4O2. The van der Waals surface area contributed by atoms with Gasteiger partial charge in [0.25, 0.3) is 5.56 Å². The van der Waals surface area contributed by atoms with E-state index >= 15 is 0 Å². The molecule has 1 aromatic carbocycles. The number of oxime groups is 1. The third-order valence-electron chi connectivity index (χ3n) is 6.15. The van der Waals surface area contributed by atoms with Gasteiger partial charge in [-0.15, -0.1) is 0 Å². The molecule has 0 unspecified atom stereocenters. The van der Waals surface area contributed by atoms with Gasteiger partial charge in [-0.3, -0.25) is 14.7 Å². The van der Waals surface area contributed by atoms with Crippen LogP contribution in [-0.2, 0) is 18.4 Å². The van der Waals surface area contributed by atoms with Gasteiger partial charge >= 0.3 is 0 Å². The van der Waals surface area contributed by atoms with E-state index < -0.39 is 11.6 Å². The first-order valence-corrected chi connectivity index (χ1v) is 11.4. The molecule has 0 saturated carbocycles. The van der Waals surface area contributed by atoms with Crippen molar-refractivity contribution in [1.29, 1.82) is 0 Å². The Morgan fingerprint density at radius 3 is 2.50 bits per heavy atom. The molecule has 178 valence electrons. The van der Waals surface area contributed by atoms with Crippen LogP contribution in [0.3, 0.4) is 0 Å². The SMILES string of the molecule is CCON=C(c1ccc(CN2CCC(c3ccn(C)c(=O)c3)CC2)nc1)c1ccc(F)c(F)c1. The van der Waals surface area contributed by atoms with E-state index in [9.17, 15) is 13.6 Å². The molecule has 0 aliphatic carbocycles. The van der Waals surface area contributed by atoms with E-state index in [1.54, 1.807) is 30.8 Å². The molecule has 2 aromatic heterocycles. The summed E-state index contributed by atoms with van der Waals surface area (Å²) in [7, 11) is 1.76. The quantitative estimate of drug-likeness (QED) is 0.386. The summed E-state index contributed by atoms with van der Waals surface area (Å²) in [5, 5.41) is 4.10. The zero-order valence-corrected chi connectivity index (χ0v) is 19.4. The molecule has 0 radical (unpaired) electrons. The minimum atomic E-state index is -0.939. The molecule has 3 heterocycles. The first-order valence-electron chi connectivity index (χ1n) is 11.4. The summed E-state index contributed by atoms with van der Waals surface area (Å²) in [5.74, 6) is -1.45. The van der Waals surface area contributed by atoms with Crippen molar-refractivity contribution in [2.75, 3.05) is 19.7 Å². The van der Waals surface area contributed by atoms with E-state index in [-0.39, 0.29) is 5.56 Å². The molecule has 1 saturated heterocycles. The third kappa shape index (κ3) is 5.56. The maximum Gasteiger partial charge on any atom is 0.250 e. The standard InChI is InChI=1S/C26H28F2N4O2/c1-3-34-30-26(20-5-7-23(27)24(28)14-20)21-4-6-22(29-16-21)17-32-12-9-18(10-13-32)19-8-11-31(2)25(33)15-19/h4-8,11,14-16,18H,3,9-10,12-13,17H2,1-2H3. The van der Waals surface area contributed by atoms with E-state index in [1.165, 1.54) is 6.07 Å². The van der Waals surface area contributed by atoms with Crippen LogP contribution in [0.2, 0.25) is 0 Å². The molecule has 0 spiro atoms. The summed E-state index contributed by atoms with van der Waals surface area (Å²) >= 11 is 0. The number of benzene rings is 1. The van der Waals surface area contributed by atoms with Gasteiger partial charge in [0.2, 0.25) is 0 Å². The van der Waals surface area contributed by atoms with Gasteiger partial charge in [0.1, 0.15) is 12.3 Å². The van der Waals surface area contributed by atoms with E-state index in [2.05, 4.69) is 15.0 Å². The minimum Gasteiger partial charge on any atom is -0.396 e. The molecule has 0 N–H and O–H groups in total. The molecule has 1 fully saturated rings. The first-order chi connectivity index (χ1) is 16.4. The lowest BCUT2D eigenvalue weighted by atomic mass is 9.90. The molecule has 1 aliphatic heterocycles. The molecule has 1 aliphatic rings. The number of likely N-dealkylation sites (tertiary alicyclic amines) is 1. The van der Waals surface area contributed by atoms with Gasteiger partial charge in [-0.05, 0) is 80.7 Å². The Morgan fingerprint density at radius 1 is 1.09 bits per heavy atom. The van der Waals surface area contributed by atoms with Crippen LogP contribution in [0.4, 0.5) is 8.78 Å². The lowest BCUT2D eigenvalue weighted by Crippen LogP contribution is -2.33. The maximum atomic E-state index is 13.8.